The molecule has 1 atom stereocenters. The number of sulfone groups is 1. The molecule has 17 heavy (non-hydrogen) atoms. The number of nitriles is 1. The Labute approximate surface area is 105 Å². The standard InChI is InChI=1S/C11H23N3O2S/c1-11(13,10-12)6-4-5-7-14(2)8-9-17(3,15)16/h4-9,13H2,1-3H3. The van der Waals surface area contributed by atoms with Gasteiger partial charge in [-0.1, -0.05) is 0 Å². The average molecular weight is 261 g/mol. The second-order valence-corrected chi connectivity index (χ2v) is 7.18. The molecule has 0 bridgehead atoms. The van der Waals surface area contributed by atoms with Crippen LogP contribution >= 0.6 is 0 Å². The molecule has 0 amide bonds. The summed E-state index contributed by atoms with van der Waals surface area (Å²) in [6.45, 7) is 3.11. The van der Waals surface area contributed by atoms with Gasteiger partial charge in [0.25, 0.3) is 0 Å². The summed E-state index contributed by atoms with van der Waals surface area (Å²) < 4.78 is 21.9. The Hall–Kier alpha value is -0.640. The van der Waals surface area contributed by atoms with Gasteiger partial charge in [0.15, 0.2) is 0 Å². The Morgan fingerprint density at radius 1 is 1.35 bits per heavy atom. The van der Waals surface area contributed by atoms with Crippen molar-refractivity contribution in [3.63, 3.8) is 0 Å². The average Bonchev–Trinajstić information content (AvgIpc) is 2.20. The van der Waals surface area contributed by atoms with Crippen LogP contribution in [0.4, 0.5) is 0 Å². The van der Waals surface area contributed by atoms with E-state index in [-0.39, 0.29) is 5.75 Å². The lowest BCUT2D eigenvalue weighted by atomic mass is 9.98. The lowest BCUT2D eigenvalue weighted by Crippen LogP contribution is -2.34. The Bertz CT molecular complexity index is 357. The lowest BCUT2D eigenvalue weighted by Gasteiger charge is -2.18. The summed E-state index contributed by atoms with van der Waals surface area (Å²) in [5.74, 6) is 0.191. The third-order valence-corrected chi connectivity index (χ3v) is 3.51. The Morgan fingerprint density at radius 2 is 1.94 bits per heavy atom. The van der Waals surface area contributed by atoms with Crippen molar-refractivity contribution in [2.24, 2.45) is 5.73 Å². The van der Waals surface area contributed by atoms with Crippen molar-refractivity contribution in [2.75, 3.05) is 32.1 Å². The molecule has 0 aromatic rings. The van der Waals surface area contributed by atoms with Crippen LogP contribution in [0.25, 0.3) is 0 Å². The van der Waals surface area contributed by atoms with Crippen molar-refractivity contribution < 1.29 is 8.42 Å². The predicted molar refractivity (Wildman–Crippen MR) is 69.3 cm³/mol. The predicted octanol–water partition coefficient (Wildman–Crippen LogP) is 0.374. The van der Waals surface area contributed by atoms with E-state index in [0.29, 0.717) is 13.0 Å². The molecule has 0 rings (SSSR count). The second-order valence-electron chi connectivity index (χ2n) is 4.92. The third kappa shape index (κ3) is 10.2. The fourth-order valence-corrected chi connectivity index (χ4v) is 2.01. The minimum atomic E-state index is -2.88. The van der Waals surface area contributed by atoms with Crippen LogP contribution in [0.3, 0.4) is 0 Å². The molecule has 0 spiro atoms. The van der Waals surface area contributed by atoms with Crippen molar-refractivity contribution in [3.05, 3.63) is 0 Å². The van der Waals surface area contributed by atoms with Crippen LogP contribution in [0, 0.1) is 11.3 Å². The zero-order chi connectivity index (χ0) is 13.5. The van der Waals surface area contributed by atoms with Gasteiger partial charge in [-0.05, 0) is 39.8 Å². The Morgan fingerprint density at radius 3 is 2.41 bits per heavy atom. The third-order valence-electron chi connectivity index (χ3n) is 2.59. The second kappa shape index (κ2) is 6.94. The van der Waals surface area contributed by atoms with Gasteiger partial charge in [0.2, 0.25) is 0 Å². The summed E-state index contributed by atoms with van der Waals surface area (Å²) in [6, 6.07) is 2.06. The first kappa shape index (κ1) is 16.4. The van der Waals surface area contributed by atoms with Crippen molar-refractivity contribution in [1.29, 1.82) is 5.26 Å². The molecule has 0 aliphatic heterocycles. The van der Waals surface area contributed by atoms with Crippen LogP contribution in [0.15, 0.2) is 0 Å². The first-order valence-electron chi connectivity index (χ1n) is 5.73. The molecule has 0 heterocycles. The molecule has 0 radical (unpaired) electrons. The highest BCUT2D eigenvalue weighted by Crippen LogP contribution is 2.09. The van der Waals surface area contributed by atoms with Gasteiger partial charge in [-0.25, -0.2) is 8.42 Å². The SMILES string of the molecule is CN(CCCCC(C)(N)C#N)CCS(C)(=O)=O. The summed E-state index contributed by atoms with van der Waals surface area (Å²) in [5.41, 5.74) is 4.95. The van der Waals surface area contributed by atoms with Crippen molar-refractivity contribution in [2.45, 2.75) is 31.7 Å². The number of hydrogen-bond acceptors (Lipinski definition) is 5. The molecule has 6 heteroatoms. The first-order valence-corrected chi connectivity index (χ1v) is 7.79. The summed E-state index contributed by atoms with van der Waals surface area (Å²) in [7, 11) is -0.982. The molecule has 0 aromatic heterocycles. The number of nitrogens with zero attached hydrogens (tertiary/aromatic N) is 2. The smallest absolute Gasteiger partial charge is 0.148 e. The highest BCUT2D eigenvalue weighted by Gasteiger charge is 2.16. The van der Waals surface area contributed by atoms with Crippen LogP contribution in [0.2, 0.25) is 0 Å². The number of rotatable bonds is 8. The molecule has 0 saturated heterocycles. The van der Waals surface area contributed by atoms with Gasteiger partial charge in [-0.15, -0.1) is 0 Å². The molecular formula is C11H23N3O2S. The van der Waals surface area contributed by atoms with Gasteiger partial charge in [0.05, 0.1) is 11.8 Å². The molecule has 0 aromatic carbocycles. The fraction of sp³-hybridized carbons (Fsp3) is 0.909. The summed E-state index contributed by atoms with van der Waals surface area (Å²) in [5, 5.41) is 8.72. The zero-order valence-electron chi connectivity index (χ0n) is 10.9. The normalized spacial score (nSPS) is 15.5. The summed E-state index contributed by atoms with van der Waals surface area (Å²) in [4.78, 5) is 1.99. The monoisotopic (exact) mass is 261 g/mol. The highest BCUT2D eigenvalue weighted by molar-refractivity contribution is 7.90. The van der Waals surface area contributed by atoms with Crippen LogP contribution in [-0.2, 0) is 9.84 Å². The minimum Gasteiger partial charge on any atom is -0.314 e. The van der Waals surface area contributed by atoms with Crippen molar-refractivity contribution in [1.82, 2.24) is 4.90 Å². The maximum absolute atomic E-state index is 11.0. The molecule has 1 unspecified atom stereocenters. The van der Waals surface area contributed by atoms with E-state index in [9.17, 15) is 8.42 Å². The van der Waals surface area contributed by atoms with E-state index >= 15 is 0 Å². The molecule has 0 aliphatic rings. The molecule has 100 valence electrons. The van der Waals surface area contributed by atoms with Crippen LogP contribution < -0.4 is 5.73 Å². The molecular weight excluding hydrogens is 238 g/mol. The fourth-order valence-electron chi connectivity index (χ4n) is 1.36. The summed E-state index contributed by atoms with van der Waals surface area (Å²) in [6.07, 6.45) is 3.72. The minimum absolute atomic E-state index is 0.191. The first-order chi connectivity index (χ1) is 7.66. The number of hydrogen-bond donors (Lipinski definition) is 1. The number of nitrogens with two attached hydrogens (primary N) is 1. The van der Waals surface area contributed by atoms with Crippen molar-refractivity contribution >= 4 is 9.84 Å². The van der Waals surface area contributed by atoms with E-state index in [1.54, 1.807) is 6.92 Å². The van der Waals surface area contributed by atoms with Gasteiger partial charge in [0.1, 0.15) is 15.4 Å². The van der Waals surface area contributed by atoms with E-state index in [2.05, 4.69) is 6.07 Å². The van der Waals surface area contributed by atoms with Gasteiger partial charge in [0, 0.05) is 12.8 Å². The van der Waals surface area contributed by atoms with Gasteiger partial charge in [-0.3, -0.25) is 0 Å². The molecule has 0 saturated carbocycles. The molecule has 0 aliphatic carbocycles. The number of unbranched alkanes of at least 4 members (excludes halogenated alkanes) is 1. The van der Waals surface area contributed by atoms with Gasteiger partial charge in [-0.2, -0.15) is 5.26 Å². The molecule has 0 fully saturated rings. The topological polar surface area (TPSA) is 87.2 Å². The summed E-state index contributed by atoms with van der Waals surface area (Å²) >= 11 is 0. The van der Waals surface area contributed by atoms with Crippen LogP contribution in [-0.4, -0.2) is 51.0 Å². The highest BCUT2D eigenvalue weighted by atomic mass is 32.2. The van der Waals surface area contributed by atoms with Crippen LogP contribution in [0.5, 0.6) is 0 Å². The maximum Gasteiger partial charge on any atom is 0.148 e. The van der Waals surface area contributed by atoms with E-state index in [0.717, 1.165) is 19.4 Å². The van der Waals surface area contributed by atoms with E-state index in [4.69, 9.17) is 11.0 Å². The maximum atomic E-state index is 11.0. The van der Waals surface area contributed by atoms with E-state index in [1.165, 1.54) is 6.26 Å². The Balaban J connectivity index is 3.67. The van der Waals surface area contributed by atoms with Gasteiger partial charge < -0.3 is 10.6 Å². The lowest BCUT2D eigenvalue weighted by molar-refractivity contribution is 0.336. The zero-order valence-corrected chi connectivity index (χ0v) is 11.8. The van der Waals surface area contributed by atoms with Gasteiger partial charge >= 0.3 is 0 Å². The largest absolute Gasteiger partial charge is 0.314 e. The van der Waals surface area contributed by atoms with Crippen LogP contribution in [0.1, 0.15) is 26.2 Å². The van der Waals surface area contributed by atoms with Crippen molar-refractivity contribution in [3.8, 4) is 6.07 Å². The quantitative estimate of drug-likeness (QED) is 0.638. The van der Waals surface area contributed by atoms with E-state index < -0.39 is 15.4 Å². The molecule has 2 N–H and O–H groups in total. The van der Waals surface area contributed by atoms with E-state index in [1.807, 2.05) is 11.9 Å². The molecule has 5 nitrogen and oxygen atoms in total. The Kier molecular flexibility index (Phi) is 6.68.